The molecule has 3 aromatic carbocycles. The van der Waals surface area contributed by atoms with Gasteiger partial charge >= 0.3 is 6.01 Å². The summed E-state index contributed by atoms with van der Waals surface area (Å²) in [7, 11) is -1.20. The first kappa shape index (κ1) is 23.7. The van der Waals surface area contributed by atoms with Gasteiger partial charge in [-0.3, -0.25) is 9.52 Å². The Labute approximate surface area is 202 Å². The molecule has 0 aliphatic heterocycles. The first-order valence-electron chi connectivity index (χ1n) is 10.4. The van der Waals surface area contributed by atoms with Crippen LogP contribution in [0.5, 0.6) is 11.9 Å². The summed E-state index contributed by atoms with van der Waals surface area (Å²) < 4.78 is 37.9. The van der Waals surface area contributed by atoms with E-state index in [2.05, 4.69) is 20.0 Å². The minimum Gasteiger partial charge on any atom is -0.481 e. The summed E-state index contributed by atoms with van der Waals surface area (Å²) in [5.41, 5.74) is 2.99. The van der Waals surface area contributed by atoms with Crippen LogP contribution in [0.3, 0.4) is 0 Å². The second kappa shape index (κ2) is 10.2. The van der Waals surface area contributed by atoms with Crippen molar-refractivity contribution in [2.45, 2.75) is 4.90 Å². The molecule has 0 atom stereocenters. The fourth-order valence-electron chi connectivity index (χ4n) is 3.21. The molecule has 10 heteroatoms. The highest BCUT2D eigenvalue weighted by Crippen LogP contribution is 2.23. The van der Waals surface area contributed by atoms with E-state index < -0.39 is 10.0 Å². The monoisotopic (exact) mass is 490 g/mol. The maximum Gasteiger partial charge on any atom is 0.321 e. The van der Waals surface area contributed by atoms with Gasteiger partial charge in [0, 0.05) is 17.3 Å². The van der Waals surface area contributed by atoms with Crippen LogP contribution in [-0.2, 0) is 10.0 Å². The molecule has 1 amide bonds. The lowest BCUT2D eigenvalue weighted by Gasteiger charge is -2.11. The third-order valence-electron chi connectivity index (χ3n) is 4.99. The molecule has 0 saturated carbocycles. The number of ether oxygens (including phenoxy) is 2. The Balaban J connectivity index is 1.44. The minimum atomic E-state index is -3.96. The second-order valence-corrected chi connectivity index (χ2v) is 8.99. The number of rotatable bonds is 8. The van der Waals surface area contributed by atoms with E-state index in [1.165, 1.54) is 44.6 Å². The molecule has 35 heavy (non-hydrogen) atoms. The lowest BCUT2D eigenvalue weighted by molar-refractivity contribution is 0.102. The topological polar surface area (TPSA) is 120 Å². The van der Waals surface area contributed by atoms with Gasteiger partial charge < -0.3 is 14.8 Å². The molecule has 4 aromatic rings. The van der Waals surface area contributed by atoms with Crippen molar-refractivity contribution in [3.8, 4) is 23.0 Å². The van der Waals surface area contributed by atoms with E-state index in [-0.39, 0.29) is 28.5 Å². The number of nitrogens with one attached hydrogen (secondary N) is 2. The molecule has 1 aromatic heterocycles. The summed E-state index contributed by atoms with van der Waals surface area (Å²) in [5.74, 6) is -0.173. The summed E-state index contributed by atoms with van der Waals surface area (Å²) >= 11 is 0. The molecule has 0 spiro atoms. The van der Waals surface area contributed by atoms with E-state index in [0.29, 0.717) is 11.3 Å². The predicted octanol–water partition coefficient (Wildman–Crippen LogP) is 4.21. The number of carbonyl (C=O) groups is 1. The highest BCUT2D eigenvalue weighted by molar-refractivity contribution is 7.92. The summed E-state index contributed by atoms with van der Waals surface area (Å²) in [5, 5.41) is 2.77. The molecule has 178 valence electrons. The van der Waals surface area contributed by atoms with Crippen LogP contribution in [0.25, 0.3) is 11.1 Å². The van der Waals surface area contributed by atoms with Crippen molar-refractivity contribution < 1.29 is 22.7 Å². The van der Waals surface area contributed by atoms with E-state index in [1.54, 1.807) is 12.1 Å². The van der Waals surface area contributed by atoms with E-state index in [0.717, 1.165) is 11.1 Å². The number of aromatic nitrogens is 2. The maximum absolute atomic E-state index is 12.8. The van der Waals surface area contributed by atoms with Crippen LogP contribution >= 0.6 is 0 Å². The van der Waals surface area contributed by atoms with Gasteiger partial charge in [0.2, 0.25) is 5.88 Å². The summed E-state index contributed by atoms with van der Waals surface area (Å²) in [6.07, 6.45) is 0. The fraction of sp³-hybridized carbons (Fsp3) is 0.0800. The van der Waals surface area contributed by atoms with Crippen molar-refractivity contribution in [3.63, 3.8) is 0 Å². The Morgan fingerprint density at radius 1 is 0.800 bits per heavy atom. The van der Waals surface area contributed by atoms with E-state index >= 15 is 0 Å². The smallest absolute Gasteiger partial charge is 0.321 e. The molecule has 0 bridgehead atoms. The van der Waals surface area contributed by atoms with Gasteiger partial charge in [-0.1, -0.05) is 42.5 Å². The Bertz CT molecular complexity index is 1400. The Hall–Kier alpha value is -4.44. The average Bonchev–Trinajstić information content (AvgIpc) is 2.89. The first-order valence-corrected chi connectivity index (χ1v) is 11.9. The molecule has 0 fully saturated rings. The summed E-state index contributed by atoms with van der Waals surface area (Å²) in [4.78, 5) is 20.5. The quantitative estimate of drug-likeness (QED) is 0.380. The van der Waals surface area contributed by atoms with Crippen molar-refractivity contribution in [1.82, 2.24) is 9.97 Å². The number of carbonyl (C=O) groups excluding carboxylic acids is 1. The van der Waals surface area contributed by atoms with Gasteiger partial charge in [0.1, 0.15) is 0 Å². The van der Waals surface area contributed by atoms with Crippen LogP contribution in [0.4, 0.5) is 11.5 Å². The van der Waals surface area contributed by atoms with Crippen molar-refractivity contribution >= 4 is 27.4 Å². The van der Waals surface area contributed by atoms with Gasteiger partial charge in [-0.05, 0) is 47.5 Å². The van der Waals surface area contributed by atoms with E-state index in [9.17, 15) is 13.2 Å². The normalized spacial score (nSPS) is 10.9. The first-order chi connectivity index (χ1) is 16.9. The molecule has 1 heterocycles. The molecule has 0 unspecified atom stereocenters. The van der Waals surface area contributed by atoms with Crippen LogP contribution in [0.1, 0.15) is 10.4 Å². The van der Waals surface area contributed by atoms with Crippen LogP contribution in [-0.4, -0.2) is 38.5 Å². The zero-order chi connectivity index (χ0) is 24.8. The van der Waals surface area contributed by atoms with Crippen LogP contribution < -0.4 is 19.5 Å². The Kier molecular flexibility index (Phi) is 6.93. The molecule has 4 rings (SSSR count). The van der Waals surface area contributed by atoms with Crippen LogP contribution in [0, 0.1) is 0 Å². The molecule has 9 nitrogen and oxygen atoms in total. The molecule has 0 aliphatic rings. The number of hydrogen-bond donors (Lipinski definition) is 2. The molecule has 0 saturated heterocycles. The van der Waals surface area contributed by atoms with Gasteiger partial charge in [-0.25, -0.2) is 8.42 Å². The lowest BCUT2D eigenvalue weighted by atomic mass is 10.0. The van der Waals surface area contributed by atoms with Gasteiger partial charge in [0.25, 0.3) is 15.9 Å². The number of nitrogens with zero attached hydrogens (tertiary/aromatic N) is 2. The SMILES string of the molecule is COc1cc(NS(=O)(=O)c2ccc(NC(=O)c3ccc(-c4ccccc4)cc3)cc2)nc(OC)n1. The lowest BCUT2D eigenvalue weighted by Crippen LogP contribution is -2.15. The van der Waals surface area contributed by atoms with Gasteiger partial charge in [-0.15, -0.1) is 0 Å². The molecule has 0 aliphatic carbocycles. The van der Waals surface area contributed by atoms with Crippen molar-refractivity contribution in [2.75, 3.05) is 24.3 Å². The molecular weight excluding hydrogens is 468 g/mol. The summed E-state index contributed by atoms with van der Waals surface area (Å²) in [6, 6.07) is 24.1. The predicted molar refractivity (Wildman–Crippen MR) is 132 cm³/mol. The van der Waals surface area contributed by atoms with Crippen molar-refractivity contribution in [2.24, 2.45) is 0 Å². The van der Waals surface area contributed by atoms with E-state index in [1.807, 2.05) is 42.5 Å². The third-order valence-corrected chi connectivity index (χ3v) is 6.36. The van der Waals surface area contributed by atoms with Gasteiger partial charge in [-0.2, -0.15) is 9.97 Å². The highest BCUT2D eigenvalue weighted by Gasteiger charge is 2.17. The Morgan fingerprint density at radius 2 is 1.46 bits per heavy atom. The van der Waals surface area contributed by atoms with Crippen molar-refractivity contribution in [3.05, 3.63) is 90.5 Å². The number of amides is 1. The van der Waals surface area contributed by atoms with Gasteiger partial charge in [0.05, 0.1) is 19.1 Å². The molecular formula is C25H22N4O5S. The standard InChI is InChI=1S/C25H22N4O5S/c1-33-23-16-22(27-25(28-23)34-2)29-35(31,32)21-14-12-20(13-15-21)26-24(30)19-10-8-18(9-11-19)17-6-4-3-5-7-17/h3-16H,1-2H3,(H,26,30)(H,27,28,29). The van der Waals surface area contributed by atoms with Crippen LogP contribution in [0.2, 0.25) is 0 Å². The van der Waals surface area contributed by atoms with E-state index in [4.69, 9.17) is 9.47 Å². The summed E-state index contributed by atoms with van der Waals surface area (Å²) in [6.45, 7) is 0. The molecule has 2 N–H and O–H groups in total. The largest absolute Gasteiger partial charge is 0.481 e. The second-order valence-electron chi connectivity index (χ2n) is 7.31. The third kappa shape index (κ3) is 5.74. The highest BCUT2D eigenvalue weighted by atomic mass is 32.2. The Morgan fingerprint density at radius 3 is 2.09 bits per heavy atom. The average molecular weight is 491 g/mol. The minimum absolute atomic E-state index is 0.00923. The van der Waals surface area contributed by atoms with Crippen molar-refractivity contribution in [1.29, 1.82) is 0 Å². The number of sulfonamides is 1. The number of anilines is 2. The molecule has 0 radical (unpaired) electrons. The number of benzene rings is 3. The number of methoxy groups -OCH3 is 2. The van der Waals surface area contributed by atoms with Gasteiger partial charge in [0.15, 0.2) is 5.82 Å². The fourth-order valence-corrected chi connectivity index (χ4v) is 4.21. The zero-order valence-electron chi connectivity index (χ0n) is 18.9. The number of hydrogen-bond acceptors (Lipinski definition) is 7. The zero-order valence-corrected chi connectivity index (χ0v) is 19.7. The van der Waals surface area contributed by atoms with Crippen LogP contribution in [0.15, 0.2) is 89.8 Å². The maximum atomic E-state index is 12.8.